The first kappa shape index (κ1) is 17.0. The van der Waals surface area contributed by atoms with E-state index in [1.807, 2.05) is 0 Å². The van der Waals surface area contributed by atoms with Crippen molar-refractivity contribution in [3.05, 3.63) is 22.3 Å². The van der Waals surface area contributed by atoms with Crippen molar-refractivity contribution in [2.75, 3.05) is 0 Å². The molecule has 0 aromatic heterocycles. The molecule has 0 unspecified atom stereocenters. The minimum atomic E-state index is 0.115. The number of nitrogens with one attached hydrogen (secondary N) is 1. The Morgan fingerprint density at radius 2 is 1.45 bits per heavy atom. The highest BCUT2D eigenvalue weighted by Crippen LogP contribution is 2.48. The molecule has 2 nitrogen and oxygen atoms in total. The van der Waals surface area contributed by atoms with Crippen LogP contribution < -0.4 is 5.32 Å². The second-order valence-corrected chi connectivity index (χ2v) is 6.98. The summed E-state index contributed by atoms with van der Waals surface area (Å²) in [4.78, 5) is 4.81. The van der Waals surface area contributed by atoms with Crippen LogP contribution in [0.25, 0.3) is 0 Å². The molecular weight excluding hydrogens is 244 g/mol. The van der Waals surface area contributed by atoms with Crippen molar-refractivity contribution in [2.24, 2.45) is 10.4 Å². The van der Waals surface area contributed by atoms with Crippen molar-refractivity contribution in [3.63, 3.8) is 0 Å². The van der Waals surface area contributed by atoms with Gasteiger partial charge in [0.25, 0.3) is 0 Å². The lowest BCUT2D eigenvalue weighted by Crippen LogP contribution is -2.36. The van der Waals surface area contributed by atoms with E-state index in [2.05, 4.69) is 67.6 Å². The summed E-state index contributed by atoms with van der Waals surface area (Å²) in [6, 6.07) is 0.755. The van der Waals surface area contributed by atoms with Crippen LogP contribution in [-0.2, 0) is 0 Å². The fourth-order valence-electron chi connectivity index (χ4n) is 3.05. The van der Waals surface area contributed by atoms with Gasteiger partial charge in [-0.25, -0.2) is 0 Å². The second kappa shape index (κ2) is 6.15. The first-order valence-electron chi connectivity index (χ1n) is 7.79. The molecule has 1 rings (SSSR count). The molecule has 0 aromatic rings. The summed E-state index contributed by atoms with van der Waals surface area (Å²) in [5, 5.41) is 3.54. The zero-order valence-electron chi connectivity index (χ0n) is 14.8. The zero-order valence-corrected chi connectivity index (χ0v) is 14.8. The van der Waals surface area contributed by atoms with Gasteiger partial charge in [0.05, 0.1) is 5.84 Å². The Morgan fingerprint density at radius 3 is 1.80 bits per heavy atom. The molecule has 0 spiro atoms. The molecule has 0 bridgehead atoms. The van der Waals surface area contributed by atoms with E-state index in [-0.39, 0.29) is 5.41 Å². The molecule has 114 valence electrons. The molecule has 1 aliphatic rings. The van der Waals surface area contributed by atoms with E-state index >= 15 is 0 Å². The predicted octanol–water partition coefficient (Wildman–Crippen LogP) is 4.87. The van der Waals surface area contributed by atoms with Crippen LogP contribution in [0.3, 0.4) is 0 Å². The average molecular weight is 276 g/mol. The highest BCUT2D eigenvalue weighted by Gasteiger charge is 2.37. The van der Waals surface area contributed by atoms with Gasteiger partial charge in [0.1, 0.15) is 0 Å². The quantitative estimate of drug-likeness (QED) is 0.574. The van der Waals surface area contributed by atoms with Gasteiger partial charge in [-0.2, -0.15) is 0 Å². The van der Waals surface area contributed by atoms with Crippen LogP contribution in [0.4, 0.5) is 0 Å². The number of amidine groups is 1. The lowest BCUT2D eigenvalue weighted by atomic mass is 9.76. The van der Waals surface area contributed by atoms with Crippen LogP contribution in [0.15, 0.2) is 27.3 Å². The number of hydrogen-bond acceptors (Lipinski definition) is 1. The van der Waals surface area contributed by atoms with Crippen molar-refractivity contribution in [3.8, 4) is 0 Å². The molecule has 20 heavy (non-hydrogen) atoms. The van der Waals surface area contributed by atoms with Crippen LogP contribution in [0.1, 0.15) is 68.7 Å². The van der Waals surface area contributed by atoms with Crippen molar-refractivity contribution < 1.29 is 0 Å². The smallest absolute Gasteiger partial charge is 0.0980 e. The number of allylic oxidation sites excluding steroid dienone is 4. The Hall–Kier alpha value is -1.05. The minimum Gasteiger partial charge on any atom is -0.372 e. The summed E-state index contributed by atoms with van der Waals surface area (Å²) < 4.78 is 0. The van der Waals surface area contributed by atoms with E-state index in [9.17, 15) is 0 Å². The van der Waals surface area contributed by atoms with Gasteiger partial charge in [-0.05, 0) is 66.5 Å². The molecule has 1 N–H and O–H groups in total. The van der Waals surface area contributed by atoms with Gasteiger partial charge >= 0.3 is 0 Å². The van der Waals surface area contributed by atoms with Crippen molar-refractivity contribution in [1.29, 1.82) is 0 Å². The molecule has 0 saturated carbocycles. The Labute approximate surface area is 125 Å². The Kier molecular flexibility index (Phi) is 5.23. The average Bonchev–Trinajstić information content (AvgIpc) is 2.44. The van der Waals surface area contributed by atoms with E-state index < -0.39 is 0 Å². The second-order valence-electron chi connectivity index (χ2n) is 6.98. The maximum Gasteiger partial charge on any atom is 0.0980 e. The summed E-state index contributed by atoms with van der Waals surface area (Å²) in [5.74, 6) is 1.14. The van der Waals surface area contributed by atoms with Gasteiger partial charge < -0.3 is 5.32 Å². The summed E-state index contributed by atoms with van der Waals surface area (Å²) >= 11 is 0. The van der Waals surface area contributed by atoms with Crippen LogP contribution in [0.2, 0.25) is 0 Å². The van der Waals surface area contributed by atoms with Crippen molar-refractivity contribution >= 4 is 5.84 Å². The fraction of sp³-hybridized carbons (Fsp3) is 0.722. The Balaban J connectivity index is 3.11. The van der Waals surface area contributed by atoms with E-state index in [0.29, 0.717) is 12.1 Å². The molecule has 0 atom stereocenters. The molecular formula is C18H32N2. The lowest BCUT2D eigenvalue weighted by molar-refractivity contribution is 0.496. The Bertz CT molecular complexity index is 438. The van der Waals surface area contributed by atoms with Crippen molar-refractivity contribution in [1.82, 2.24) is 5.32 Å². The monoisotopic (exact) mass is 276 g/mol. The summed E-state index contributed by atoms with van der Waals surface area (Å²) in [5.41, 5.74) is 6.02. The summed E-state index contributed by atoms with van der Waals surface area (Å²) in [6.07, 6.45) is 0.968. The minimum absolute atomic E-state index is 0.115. The molecule has 0 radical (unpaired) electrons. The van der Waals surface area contributed by atoms with Gasteiger partial charge in [-0.3, -0.25) is 4.99 Å². The summed E-state index contributed by atoms with van der Waals surface area (Å²) in [6.45, 7) is 20.0. The van der Waals surface area contributed by atoms with E-state index in [4.69, 9.17) is 4.99 Å². The highest BCUT2D eigenvalue weighted by molar-refractivity contribution is 5.84. The van der Waals surface area contributed by atoms with Gasteiger partial charge in [0.2, 0.25) is 0 Å². The predicted molar refractivity (Wildman–Crippen MR) is 90.3 cm³/mol. The standard InChI is InChI=1S/C18H32N2/c1-11(2)19-17(20-12(3)4)10-18(9)15(7)13(5)14(6)16(18)8/h11-12H,10H2,1-9H3,(H,19,20). The third kappa shape index (κ3) is 3.34. The molecule has 1 aliphatic carbocycles. The highest BCUT2D eigenvalue weighted by atomic mass is 15.0. The molecule has 0 saturated heterocycles. The Morgan fingerprint density at radius 1 is 1.00 bits per heavy atom. The topological polar surface area (TPSA) is 24.4 Å². The van der Waals surface area contributed by atoms with Gasteiger partial charge in [-0.15, -0.1) is 0 Å². The molecule has 0 fully saturated rings. The number of hydrogen-bond donors (Lipinski definition) is 1. The molecule has 0 amide bonds. The SMILES string of the molecule is CC1=C(C)C(C)(CC(=NC(C)C)NC(C)C)C(C)=C1C. The van der Waals surface area contributed by atoms with Crippen LogP contribution in [-0.4, -0.2) is 17.9 Å². The van der Waals surface area contributed by atoms with Crippen LogP contribution in [0, 0.1) is 5.41 Å². The maximum atomic E-state index is 4.81. The summed E-state index contributed by atoms with van der Waals surface area (Å²) in [7, 11) is 0. The van der Waals surface area contributed by atoms with Crippen LogP contribution in [0.5, 0.6) is 0 Å². The fourth-order valence-corrected chi connectivity index (χ4v) is 3.05. The zero-order chi connectivity index (χ0) is 15.7. The third-order valence-electron chi connectivity index (χ3n) is 4.73. The first-order chi connectivity index (χ1) is 9.09. The lowest BCUT2D eigenvalue weighted by Gasteiger charge is -2.31. The van der Waals surface area contributed by atoms with Crippen molar-refractivity contribution in [2.45, 2.75) is 80.8 Å². The van der Waals surface area contributed by atoms with Gasteiger partial charge in [-0.1, -0.05) is 18.1 Å². The largest absolute Gasteiger partial charge is 0.372 e. The number of rotatable bonds is 4. The van der Waals surface area contributed by atoms with E-state index in [1.165, 1.54) is 22.3 Å². The van der Waals surface area contributed by atoms with Crippen LogP contribution >= 0.6 is 0 Å². The van der Waals surface area contributed by atoms with E-state index in [1.54, 1.807) is 0 Å². The van der Waals surface area contributed by atoms with Gasteiger partial charge in [0.15, 0.2) is 0 Å². The number of nitrogens with zero attached hydrogens (tertiary/aromatic N) is 1. The van der Waals surface area contributed by atoms with Gasteiger partial charge in [0, 0.05) is 23.9 Å². The normalized spacial score (nSPS) is 19.6. The third-order valence-corrected chi connectivity index (χ3v) is 4.73. The maximum absolute atomic E-state index is 4.81. The first-order valence-corrected chi connectivity index (χ1v) is 7.79. The number of aliphatic imine (C=N–C) groups is 1. The van der Waals surface area contributed by atoms with E-state index in [0.717, 1.165) is 12.3 Å². The molecule has 0 aliphatic heterocycles. The molecule has 0 aromatic carbocycles. The molecule has 2 heteroatoms. The molecule has 0 heterocycles.